The number of thiazole rings is 1. The summed E-state index contributed by atoms with van der Waals surface area (Å²) in [5.41, 5.74) is 5.11. The minimum Gasteiger partial charge on any atom is -0.349 e. The van der Waals surface area contributed by atoms with Gasteiger partial charge in [-0.2, -0.15) is 0 Å². The van der Waals surface area contributed by atoms with Crippen molar-refractivity contribution in [1.29, 1.82) is 0 Å². The molecule has 0 aliphatic heterocycles. The maximum Gasteiger partial charge on any atom is 0.270 e. The molecule has 0 aliphatic rings. The Morgan fingerprint density at radius 2 is 2.00 bits per heavy atom. The van der Waals surface area contributed by atoms with Crippen molar-refractivity contribution in [3.63, 3.8) is 0 Å². The van der Waals surface area contributed by atoms with Gasteiger partial charge in [0.25, 0.3) is 5.91 Å². The number of hydrogen-bond acceptors (Lipinski definition) is 4. The Labute approximate surface area is 125 Å². The van der Waals surface area contributed by atoms with Gasteiger partial charge in [-0.3, -0.25) is 4.79 Å². The van der Waals surface area contributed by atoms with E-state index in [4.69, 9.17) is 5.73 Å². The highest BCUT2D eigenvalue weighted by atomic mass is 32.1. The van der Waals surface area contributed by atoms with Gasteiger partial charge >= 0.3 is 0 Å². The zero-order chi connectivity index (χ0) is 15.6. The number of nitrogens with one attached hydrogen (secondary N) is 1. The second-order valence-electron chi connectivity index (χ2n) is 5.31. The van der Waals surface area contributed by atoms with Gasteiger partial charge < -0.3 is 11.1 Å². The zero-order valence-corrected chi connectivity index (χ0v) is 12.4. The van der Waals surface area contributed by atoms with Crippen LogP contribution in [0.25, 0.3) is 10.6 Å². The summed E-state index contributed by atoms with van der Waals surface area (Å²) < 4.78 is 27.3. The van der Waals surface area contributed by atoms with Crippen LogP contribution in [0.15, 0.2) is 23.6 Å². The van der Waals surface area contributed by atoms with Crippen molar-refractivity contribution in [2.24, 2.45) is 5.73 Å². The van der Waals surface area contributed by atoms with E-state index in [9.17, 15) is 13.6 Å². The first-order valence-corrected chi connectivity index (χ1v) is 7.13. The number of aromatic nitrogens is 1. The van der Waals surface area contributed by atoms with E-state index in [-0.39, 0.29) is 22.8 Å². The van der Waals surface area contributed by atoms with Crippen LogP contribution in [0, 0.1) is 11.6 Å². The van der Waals surface area contributed by atoms with Gasteiger partial charge in [0.1, 0.15) is 22.3 Å². The van der Waals surface area contributed by atoms with E-state index in [1.54, 1.807) is 13.8 Å². The molecule has 4 nitrogen and oxygen atoms in total. The van der Waals surface area contributed by atoms with Crippen LogP contribution < -0.4 is 11.1 Å². The Hall–Kier alpha value is -1.86. The van der Waals surface area contributed by atoms with Gasteiger partial charge in [0.2, 0.25) is 0 Å². The normalized spacial score (nSPS) is 11.5. The lowest BCUT2D eigenvalue weighted by atomic mass is 10.1. The number of benzene rings is 1. The van der Waals surface area contributed by atoms with Crippen molar-refractivity contribution in [1.82, 2.24) is 10.3 Å². The van der Waals surface area contributed by atoms with Crippen LogP contribution in [0.2, 0.25) is 0 Å². The lowest BCUT2D eigenvalue weighted by Gasteiger charge is -2.18. The quantitative estimate of drug-likeness (QED) is 0.912. The van der Waals surface area contributed by atoms with E-state index in [2.05, 4.69) is 10.3 Å². The van der Waals surface area contributed by atoms with E-state index in [0.717, 1.165) is 23.5 Å². The molecule has 1 aromatic heterocycles. The lowest BCUT2D eigenvalue weighted by molar-refractivity contribution is 0.0942. The summed E-state index contributed by atoms with van der Waals surface area (Å²) in [4.78, 5) is 15.9. The molecule has 1 heterocycles. The van der Waals surface area contributed by atoms with Gasteiger partial charge in [-0.25, -0.2) is 13.8 Å². The first-order chi connectivity index (χ1) is 9.78. The molecule has 0 aliphatic carbocycles. The molecule has 7 heteroatoms. The van der Waals surface area contributed by atoms with Crippen LogP contribution in [0.1, 0.15) is 24.3 Å². The number of halogens is 2. The third-order valence-electron chi connectivity index (χ3n) is 2.62. The Morgan fingerprint density at radius 1 is 1.38 bits per heavy atom. The second-order valence-corrected chi connectivity index (χ2v) is 6.16. The summed E-state index contributed by atoms with van der Waals surface area (Å²) in [5, 5.41) is 4.21. The van der Waals surface area contributed by atoms with Crippen LogP contribution in [0.5, 0.6) is 0 Å². The Bertz CT molecular complexity index is 644. The van der Waals surface area contributed by atoms with E-state index in [0.29, 0.717) is 0 Å². The smallest absolute Gasteiger partial charge is 0.270 e. The predicted molar refractivity (Wildman–Crippen MR) is 78.1 cm³/mol. The summed E-state index contributed by atoms with van der Waals surface area (Å²) in [6, 6.07) is 3.58. The SMILES string of the molecule is CC(C)(N)CNC(=O)c1csc(-c2c(F)cccc2F)n1. The summed E-state index contributed by atoms with van der Waals surface area (Å²) in [7, 11) is 0. The molecule has 0 atom stereocenters. The average molecular weight is 311 g/mol. The van der Waals surface area contributed by atoms with Crippen LogP contribution in [-0.2, 0) is 0 Å². The largest absolute Gasteiger partial charge is 0.349 e. The number of carbonyl (C=O) groups excluding carboxylic acids is 1. The standard InChI is InChI=1S/C14H15F2N3OS/c1-14(2,17)7-18-12(20)10-6-21-13(19-10)11-8(15)4-3-5-9(11)16/h3-6H,7,17H2,1-2H3,(H,18,20). The van der Waals surface area contributed by atoms with Crippen molar-refractivity contribution >= 4 is 17.2 Å². The molecule has 0 unspecified atom stereocenters. The number of amides is 1. The molecule has 0 fully saturated rings. The fourth-order valence-electron chi connectivity index (χ4n) is 1.59. The molecule has 0 saturated carbocycles. The molecule has 21 heavy (non-hydrogen) atoms. The van der Waals surface area contributed by atoms with Crippen molar-refractivity contribution < 1.29 is 13.6 Å². The van der Waals surface area contributed by atoms with Crippen molar-refractivity contribution in [2.45, 2.75) is 19.4 Å². The van der Waals surface area contributed by atoms with E-state index >= 15 is 0 Å². The molecule has 1 aromatic carbocycles. The van der Waals surface area contributed by atoms with Gasteiger partial charge in [-0.15, -0.1) is 11.3 Å². The van der Waals surface area contributed by atoms with Crippen LogP contribution >= 0.6 is 11.3 Å². The summed E-state index contributed by atoms with van der Waals surface area (Å²) in [5.74, 6) is -1.84. The Balaban J connectivity index is 2.20. The summed E-state index contributed by atoms with van der Waals surface area (Å²) in [6.45, 7) is 3.82. The highest BCUT2D eigenvalue weighted by Crippen LogP contribution is 2.28. The molecule has 112 valence electrons. The van der Waals surface area contributed by atoms with Crippen molar-refractivity contribution in [2.75, 3.05) is 6.54 Å². The topological polar surface area (TPSA) is 68.0 Å². The van der Waals surface area contributed by atoms with E-state index < -0.39 is 23.1 Å². The maximum absolute atomic E-state index is 13.7. The van der Waals surface area contributed by atoms with Crippen LogP contribution in [-0.4, -0.2) is 23.0 Å². The number of rotatable bonds is 4. The molecule has 0 saturated heterocycles. The van der Waals surface area contributed by atoms with E-state index in [1.807, 2.05) is 0 Å². The van der Waals surface area contributed by atoms with Crippen LogP contribution in [0.3, 0.4) is 0 Å². The van der Waals surface area contributed by atoms with Gasteiger partial charge in [0, 0.05) is 17.5 Å². The molecule has 2 aromatic rings. The minimum absolute atomic E-state index is 0.113. The molecular weight excluding hydrogens is 296 g/mol. The number of nitrogens with two attached hydrogens (primary N) is 1. The third kappa shape index (κ3) is 3.83. The monoisotopic (exact) mass is 311 g/mol. The fourth-order valence-corrected chi connectivity index (χ4v) is 2.44. The van der Waals surface area contributed by atoms with Crippen molar-refractivity contribution in [3.8, 4) is 10.6 Å². The average Bonchev–Trinajstić information content (AvgIpc) is 2.84. The predicted octanol–water partition coefficient (Wildman–Crippen LogP) is 2.56. The zero-order valence-electron chi connectivity index (χ0n) is 11.6. The molecule has 2 rings (SSSR count). The van der Waals surface area contributed by atoms with Gasteiger partial charge in [-0.05, 0) is 26.0 Å². The third-order valence-corrected chi connectivity index (χ3v) is 3.48. The van der Waals surface area contributed by atoms with Gasteiger partial charge in [0.15, 0.2) is 0 Å². The molecular formula is C14H15F2N3OS. The first-order valence-electron chi connectivity index (χ1n) is 6.25. The Kier molecular flexibility index (Phi) is 4.34. The first kappa shape index (κ1) is 15.5. The summed E-state index contributed by atoms with van der Waals surface area (Å²) >= 11 is 1.01. The highest BCUT2D eigenvalue weighted by molar-refractivity contribution is 7.13. The van der Waals surface area contributed by atoms with Gasteiger partial charge in [-0.1, -0.05) is 6.07 Å². The Morgan fingerprint density at radius 3 is 2.57 bits per heavy atom. The van der Waals surface area contributed by atoms with Crippen molar-refractivity contribution in [3.05, 3.63) is 40.9 Å². The summed E-state index contributed by atoms with van der Waals surface area (Å²) in [6.07, 6.45) is 0. The number of carbonyl (C=O) groups is 1. The fraction of sp³-hybridized carbons (Fsp3) is 0.286. The molecule has 1 amide bonds. The molecule has 0 spiro atoms. The van der Waals surface area contributed by atoms with Crippen LogP contribution in [0.4, 0.5) is 8.78 Å². The number of nitrogens with zero attached hydrogens (tertiary/aromatic N) is 1. The highest BCUT2D eigenvalue weighted by Gasteiger charge is 2.19. The van der Waals surface area contributed by atoms with E-state index in [1.165, 1.54) is 11.4 Å². The minimum atomic E-state index is -0.709. The maximum atomic E-state index is 13.7. The number of hydrogen-bond donors (Lipinski definition) is 2. The lowest BCUT2D eigenvalue weighted by Crippen LogP contribution is -2.45. The molecule has 3 N–H and O–H groups in total. The van der Waals surface area contributed by atoms with Gasteiger partial charge in [0.05, 0.1) is 5.56 Å². The second kappa shape index (κ2) is 5.87. The molecule has 0 radical (unpaired) electrons. The molecule has 0 bridgehead atoms.